The summed E-state index contributed by atoms with van der Waals surface area (Å²) in [6, 6.07) is 5.98. The van der Waals surface area contributed by atoms with Crippen LogP contribution in [0.3, 0.4) is 0 Å². The van der Waals surface area contributed by atoms with Crippen LogP contribution in [0, 0.1) is 6.92 Å². The Balaban J connectivity index is 2.50. The summed E-state index contributed by atoms with van der Waals surface area (Å²) in [5.74, 6) is -1.05. The highest BCUT2D eigenvalue weighted by atomic mass is 16.4. The number of rotatable bonds is 1. The largest absolute Gasteiger partial charge is 0.481 e. The fourth-order valence-electron chi connectivity index (χ4n) is 2.13. The van der Waals surface area contributed by atoms with Crippen molar-refractivity contribution in [3.05, 3.63) is 29.3 Å². The maximum absolute atomic E-state index is 11.1. The van der Waals surface area contributed by atoms with Crippen LogP contribution in [0.2, 0.25) is 0 Å². The first-order valence-corrected chi connectivity index (χ1v) is 5.14. The minimum atomic E-state index is -0.715. The molecule has 2 rings (SSSR count). The minimum absolute atomic E-state index is 0.336. The highest BCUT2D eigenvalue weighted by Crippen LogP contribution is 2.35. The molecule has 1 aliphatic heterocycles. The maximum atomic E-state index is 11.1. The van der Waals surface area contributed by atoms with Crippen LogP contribution in [0.25, 0.3) is 0 Å². The van der Waals surface area contributed by atoms with Gasteiger partial charge in [-0.1, -0.05) is 12.1 Å². The van der Waals surface area contributed by atoms with E-state index in [4.69, 9.17) is 5.11 Å². The van der Waals surface area contributed by atoms with E-state index in [-0.39, 0.29) is 5.92 Å². The zero-order valence-electron chi connectivity index (χ0n) is 9.03. The van der Waals surface area contributed by atoms with Crippen LogP contribution in [0.4, 0.5) is 5.69 Å². The second-order valence-corrected chi connectivity index (χ2v) is 4.16. The van der Waals surface area contributed by atoms with Gasteiger partial charge in [0.1, 0.15) is 0 Å². The van der Waals surface area contributed by atoms with Crippen molar-refractivity contribution >= 4 is 11.7 Å². The predicted molar refractivity (Wildman–Crippen MR) is 59.4 cm³/mol. The lowest BCUT2D eigenvalue weighted by atomic mass is 9.89. The Morgan fingerprint density at radius 1 is 1.53 bits per heavy atom. The Morgan fingerprint density at radius 2 is 2.27 bits per heavy atom. The van der Waals surface area contributed by atoms with E-state index in [1.807, 2.05) is 26.1 Å². The monoisotopic (exact) mass is 205 g/mol. The van der Waals surface area contributed by atoms with E-state index in [1.54, 1.807) is 0 Å². The first kappa shape index (κ1) is 10.0. The van der Waals surface area contributed by atoms with Crippen molar-refractivity contribution in [1.29, 1.82) is 0 Å². The van der Waals surface area contributed by atoms with E-state index in [0.717, 1.165) is 17.8 Å². The van der Waals surface area contributed by atoms with Crippen LogP contribution in [0.1, 0.15) is 23.5 Å². The number of carboxylic acid groups (broad SMARTS) is 1. The molecule has 0 spiro atoms. The van der Waals surface area contributed by atoms with Gasteiger partial charge < -0.3 is 10.0 Å². The lowest BCUT2D eigenvalue weighted by Gasteiger charge is -2.31. The van der Waals surface area contributed by atoms with Crippen LogP contribution < -0.4 is 4.90 Å². The number of carboxylic acids is 1. The number of anilines is 1. The highest BCUT2D eigenvalue weighted by molar-refractivity contribution is 5.80. The molecule has 0 amide bonds. The third-order valence-corrected chi connectivity index (χ3v) is 3.02. The summed E-state index contributed by atoms with van der Waals surface area (Å²) >= 11 is 0. The molecule has 0 saturated heterocycles. The number of aliphatic carboxylic acids is 1. The number of nitrogens with zero attached hydrogens (tertiary/aromatic N) is 1. The Labute approximate surface area is 89.3 Å². The SMILES string of the molecule is Cc1ccc2c(c1)N(C)CCC2C(=O)O. The average molecular weight is 205 g/mol. The van der Waals surface area contributed by atoms with Gasteiger partial charge in [0.25, 0.3) is 0 Å². The Hall–Kier alpha value is -1.51. The van der Waals surface area contributed by atoms with Crippen molar-refractivity contribution in [1.82, 2.24) is 0 Å². The molecule has 1 aromatic rings. The van der Waals surface area contributed by atoms with E-state index in [2.05, 4.69) is 11.0 Å². The third kappa shape index (κ3) is 1.69. The summed E-state index contributed by atoms with van der Waals surface area (Å²) < 4.78 is 0. The molecule has 1 aromatic carbocycles. The van der Waals surface area contributed by atoms with Crippen LogP contribution in [0.5, 0.6) is 0 Å². The summed E-state index contributed by atoms with van der Waals surface area (Å²) in [6.07, 6.45) is 0.696. The Kier molecular flexibility index (Phi) is 2.39. The van der Waals surface area contributed by atoms with Crippen LogP contribution in [-0.2, 0) is 4.79 Å². The van der Waals surface area contributed by atoms with Gasteiger partial charge in [-0.2, -0.15) is 0 Å². The van der Waals surface area contributed by atoms with E-state index >= 15 is 0 Å². The molecule has 80 valence electrons. The summed E-state index contributed by atoms with van der Waals surface area (Å²) in [7, 11) is 2.01. The molecule has 0 radical (unpaired) electrons. The van der Waals surface area contributed by atoms with Crippen molar-refractivity contribution in [3.8, 4) is 0 Å². The summed E-state index contributed by atoms with van der Waals surface area (Å²) in [4.78, 5) is 13.2. The van der Waals surface area contributed by atoms with Gasteiger partial charge in [-0.25, -0.2) is 0 Å². The summed E-state index contributed by atoms with van der Waals surface area (Å²) in [5, 5.41) is 9.12. The van der Waals surface area contributed by atoms with Crippen molar-refractivity contribution in [3.63, 3.8) is 0 Å². The lowest BCUT2D eigenvalue weighted by Crippen LogP contribution is -2.30. The fourth-order valence-corrected chi connectivity index (χ4v) is 2.13. The lowest BCUT2D eigenvalue weighted by molar-refractivity contribution is -0.139. The number of fused-ring (bicyclic) bond motifs is 1. The van der Waals surface area contributed by atoms with E-state index in [9.17, 15) is 4.79 Å². The zero-order valence-corrected chi connectivity index (χ0v) is 9.03. The minimum Gasteiger partial charge on any atom is -0.481 e. The molecular weight excluding hydrogens is 190 g/mol. The van der Waals surface area contributed by atoms with Crippen LogP contribution >= 0.6 is 0 Å². The van der Waals surface area contributed by atoms with Crippen LogP contribution in [-0.4, -0.2) is 24.7 Å². The van der Waals surface area contributed by atoms with Crippen molar-refractivity contribution in [2.75, 3.05) is 18.5 Å². The van der Waals surface area contributed by atoms with Gasteiger partial charge in [0.2, 0.25) is 0 Å². The van der Waals surface area contributed by atoms with Gasteiger partial charge in [0.05, 0.1) is 5.92 Å². The average Bonchev–Trinajstić information content (AvgIpc) is 2.19. The van der Waals surface area contributed by atoms with Gasteiger partial charge in [-0.05, 0) is 30.5 Å². The van der Waals surface area contributed by atoms with Crippen LogP contribution in [0.15, 0.2) is 18.2 Å². The topological polar surface area (TPSA) is 40.5 Å². The molecule has 1 N–H and O–H groups in total. The normalized spacial score (nSPS) is 19.9. The third-order valence-electron chi connectivity index (χ3n) is 3.02. The van der Waals surface area contributed by atoms with Gasteiger partial charge in [0, 0.05) is 19.3 Å². The number of hydrogen-bond donors (Lipinski definition) is 1. The van der Waals surface area contributed by atoms with Gasteiger partial charge in [-0.15, -0.1) is 0 Å². The molecule has 0 saturated carbocycles. The first-order chi connectivity index (χ1) is 7.09. The first-order valence-electron chi connectivity index (χ1n) is 5.14. The standard InChI is InChI=1S/C12H15NO2/c1-8-3-4-9-10(12(14)15)5-6-13(2)11(9)7-8/h3-4,7,10H,5-6H2,1-2H3,(H,14,15). The molecule has 0 bridgehead atoms. The molecule has 3 nitrogen and oxygen atoms in total. The highest BCUT2D eigenvalue weighted by Gasteiger charge is 2.28. The van der Waals surface area contributed by atoms with Crippen molar-refractivity contribution in [2.45, 2.75) is 19.3 Å². The second-order valence-electron chi connectivity index (χ2n) is 4.16. The maximum Gasteiger partial charge on any atom is 0.311 e. The summed E-state index contributed by atoms with van der Waals surface area (Å²) in [5.41, 5.74) is 3.18. The smallest absolute Gasteiger partial charge is 0.311 e. The number of carbonyl (C=O) groups is 1. The van der Waals surface area contributed by atoms with Gasteiger partial charge in [0.15, 0.2) is 0 Å². The molecular formula is C12H15NO2. The molecule has 0 aliphatic carbocycles. The van der Waals surface area contributed by atoms with E-state index in [0.29, 0.717) is 6.42 Å². The fraction of sp³-hybridized carbons (Fsp3) is 0.417. The molecule has 0 aromatic heterocycles. The number of benzene rings is 1. The van der Waals surface area contributed by atoms with Gasteiger partial charge in [-0.3, -0.25) is 4.79 Å². The van der Waals surface area contributed by atoms with Crippen molar-refractivity contribution in [2.24, 2.45) is 0 Å². The Morgan fingerprint density at radius 3 is 2.93 bits per heavy atom. The molecule has 1 unspecified atom stereocenters. The molecule has 1 heterocycles. The number of aryl methyl sites for hydroxylation is 1. The molecule has 1 atom stereocenters. The van der Waals surface area contributed by atoms with Gasteiger partial charge >= 0.3 is 5.97 Å². The van der Waals surface area contributed by atoms with E-state index < -0.39 is 5.97 Å². The molecule has 15 heavy (non-hydrogen) atoms. The Bertz CT molecular complexity index is 401. The molecule has 0 fully saturated rings. The second kappa shape index (κ2) is 3.57. The molecule has 3 heteroatoms. The summed E-state index contributed by atoms with van der Waals surface area (Å²) in [6.45, 7) is 2.84. The quantitative estimate of drug-likeness (QED) is 0.762. The van der Waals surface area contributed by atoms with Crippen molar-refractivity contribution < 1.29 is 9.90 Å². The zero-order chi connectivity index (χ0) is 11.0. The number of hydrogen-bond acceptors (Lipinski definition) is 2. The molecule has 1 aliphatic rings. The van der Waals surface area contributed by atoms with E-state index in [1.165, 1.54) is 5.56 Å². The predicted octanol–water partition coefficient (Wildman–Crippen LogP) is 2.00.